The van der Waals surface area contributed by atoms with E-state index in [-0.39, 0.29) is 22.7 Å². The van der Waals surface area contributed by atoms with Crippen LogP contribution in [0.25, 0.3) is 27.7 Å². The lowest BCUT2D eigenvalue weighted by Crippen LogP contribution is -2.16. The second-order valence-electron chi connectivity index (χ2n) is 7.17. The second-order valence-corrected chi connectivity index (χ2v) is 7.17. The monoisotopic (exact) mass is 436 g/mol. The highest BCUT2D eigenvalue weighted by molar-refractivity contribution is 6.08. The number of amides is 1. The number of carbonyl (C=O) groups excluding carboxylic acids is 1. The zero-order valence-corrected chi connectivity index (χ0v) is 16.6. The minimum atomic E-state index is -4.71. The fourth-order valence-electron chi connectivity index (χ4n) is 3.58. The molecule has 0 unspecified atom stereocenters. The molecule has 0 bridgehead atoms. The fraction of sp³-hybridized carbons (Fsp3) is 0.0909. The standard InChI is InChI=1S/C22H15F3N6O/c1-30-10-9-19(29-30)28-21(32)16-12-26-31-18(22(23,24)25)11-17(27-20(16)31)15-8-4-6-13-5-2-3-7-14(13)15/h2-12H,1H3,(H,28,29,32). The highest BCUT2D eigenvalue weighted by Gasteiger charge is 2.36. The van der Waals surface area contributed by atoms with Gasteiger partial charge in [-0.05, 0) is 16.8 Å². The minimum Gasteiger partial charge on any atom is -0.305 e. The van der Waals surface area contributed by atoms with Crippen molar-refractivity contribution in [3.8, 4) is 11.3 Å². The number of aromatic nitrogens is 5. The summed E-state index contributed by atoms with van der Waals surface area (Å²) in [6.07, 6.45) is -2.01. The van der Waals surface area contributed by atoms with Crippen molar-refractivity contribution < 1.29 is 18.0 Å². The molecule has 5 aromatic rings. The molecule has 5 rings (SSSR count). The number of anilines is 1. The van der Waals surface area contributed by atoms with Gasteiger partial charge in [-0.3, -0.25) is 9.48 Å². The maximum atomic E-state index is 13.9. The van der Waals surface area contributed by atoms with Gasteiger partial charge in [0, 0.05) is 24.9 Å². The maximum Gasteiger partial charge on any atom is 0.433 e. The lowest BCUT2D eigenvalue weighted by molar-refractivity contribution is -0.142. The molecular formula is C22H15F3N6O. The Bertz CT molecular complexity index is 1480. The average Bonchev–Trinajstić information content (AvgIpc) is 3.37. The SMILES string of the molecule is Cn1ccc(NC(=O)c2cnn3c(C(F)(F)F)cc(-c4cccc5ccccc45)nc23)n1. The molecule has 0 aliphatic carbocycles. The van der Waals surface area contributed by atoms with Gasteiger partial charge >= 0.3 is 6.18 Å². The first-order valence-corrected chi connectivity index (χ1v) is 9.56. The van der Waals surface area contributed by atoms with Crippen LogP contribution in [0.1, 0.15) is 16.1 Å². The van der Waals surface area contributed by atoms with Gasteiger partial charge in [0.1, 0.15) is 5.56 Å². The van der Waals surface area contributed by atoms with Crippen LogP contribution < -0.4 is 5.32 Å². The number of benzene rings is 2. The molecule has 0 fully saturated rings. The highest BCUT2D eigenvalue weighted by Crippen LogP contribution is 2.34. The van der Waals surface area contributed by atoms with Crippen molar-refractivity contribution in [2.24, 2.45) is 7.05 Å². The molecule has 0 saturated carbocycles. The number of rotatable bonds is 3. The third-order valence-corrected chi connectivity index (χ3v) is 5.03. The Hall–Kier alpha value is -4.21. The van der Waals surface area contributed by atoms with E-state index in [1.165, 1.54) is 4.68 Å². The van der Waals surface area contributed by atoms with Gasteiger partial charge in [-0.1, -0.05) is 42.5 Å². The van der Waals surface area contributed by atoms with Crippen molar-refractivity contribution in [1.82, 2.24) is 24.4 Å². The van der Waals surface area contributed by atoms with Gasteiger partial charge in [-0.25, -0.2) is 9.50 Å². The van der Waals surface area contributed by atoms with E-state index in [1.54, 1.807) is 37.5 Å². The number of halogens is 3. The molecule has 32 heavy (non-hydrogen) atoms. The topological polar surface area (TPSA) is 77.1 Å². The van der Waals surface area contributed by atoms with Gasteiger partial charge < -0.3 is 5.32 Å². The summed E-state index contributed by atoms with van der Waals surface area (Å²) in [5, 5.41) is 12.0. The van der Waals surface area contributed by atoms with Crippen molar-refractivity contribution in [2.45, 2.75) is 6.18 Å². The van der Waals surface area contributed by atoms with E-state index in [1.807, 2.05) is 24.3 Å². The first kappa shape index (κ1) is 19.7. The zero-order valence-electron chi connectivity index (χ0n) is 16.6. The number of carbonyl (C=O) groups is 1. The Kier molecular flexibility index (Phi) is 4.43. The quantitative estimate of drug-likeness (QED) is 0.450. The van der Waals surface area contributed by atoms with Crippen LogP contribution in [0.4, 0.5) is 19.0 Å². The third kappa shape index (κ3) is 3.35. The molecule has 0 atom stereocenters. The molecule has 3 heterocycles. The molecule has 7 nitrogen and oxygen atoms in total. The van der Waals surface area contributed by atoms with Crippen LogP contribution in [-0.2, 0) is 13.2 Å². The molecular weight excluding hydrogens is 421 g/mol. The van der Waals surface area contributed by atoms with Crippen molar-refractivity contribution in [1.29, 1.82) is 0 Å². The van der Waals surface area contributed by atoms with Gasteiger partial charge in [-0.15, -0.1) is 0 Å². The Balaban J connectivity index is 1.71. The van der Waals surface area contributed by atoms with Crippen molar-refractivity contribution in [3.63, 3.8) is 0 Å². The van der Waals surface area contributed by atoms with E-state index in [4.69, 9.17) is 0 Å². The van der Waals surface area contributed by atoms with Crippen molar-refractivity contribution >= 4 is 28.1 Å². The molecule has 10 heteroatoms. The molecule has 0 aliphatic heterocycles. The first-order chi connectivity index (χ1) is 15.3. The number of nitrogens with one attached hydrogen (secondary N) is 1. The molecule has 0 spiro atoms. The summed E-state index contributed by atoms with van der Waals surface area (Å²) in [5.74, 6) is -0.396. The van der Waals surface area contributed by atoms with Gasteiger partial charge in [-0.2, -0.15) is 23.4 Å². The Morgan fingerprint density at radius 1 is 1.06 bits per heavy atom. The summed E-state index contributed by atoms with van der Waals surface area (Å²) in [4.78, 5) is 17.2. The lowest BCUT2D eigenvalue weighted by Gasteiger charge is -2.13. The Morgan fingerprint density at radius 3 is 2.59 bits per heavy atom. The summed E-state index contributed by atoms with van der Waals surface area (Å²) in [6.45, 7) is 0. The van der Waals surface area contributed by atoms with Crippen LogP contribution in [-0.4, -0.2) is 30.3 Å². The fourth-order valence-corrected chi connectivity index (χ4v) is 3.58. The van der Waals surface area contributed by atoms with E-state index in [0.717, 1.165) is 23.0 Å². The number of aryl methyl sites for hydroxylation is 1. The van der Waals surface area contributed by atoms with E-state index < -0.39 is 17.8 Å². The molecule has 2 aromatic carbocycles. The number of hydrogen-bond acceptors (Lipinski definition) is 4. The largest absolute Gasteiger partial charge is 0.433 e. The van der Waals surface area contributed by atoms with Crippen molar-refractivity contribution in [3.05, 3.63) is 78.2 Å². The van der Waals surface area contributed by atoms with E-state index in [2.05, 4.69) is 20.5 Å². The summed E-state index contributed by atoms with van der Waals surface area (Å²) < 4.78 is 43.8. The molecule has 0 saturated heterocycles. The van der Waals surface area contributed by atoms with E-state index in [9.17, 15) is 18.0 Å². The average molecular weight is 436 g/mol. The zero-order chi connectivity index (χ0) is 22.5. The molecule has 1 N–H and O–H groups in total. The predicted octanol–water partition coefficient (Wildman–Crippen LogP) is 4.55. The smallest absolute Gasteiger partial charge is 0.305 e. The summed E-state index contributed by atoms with van der Waals surface area (Å²) in [7, 11) is 1.68. The van der Waals surface area contributed by atoms with Crippen LogP contribution in [0.15, 0.2) is 67.0 Å². The van der Waals surface area contributed by atoms with Crippen LogP contribution >= 0.6 is 0 Å². The summed E-state index contributed by atoms with van der Waals surface area (Å²) in [5.41, 5.74) is -0.704. The van der Waals surface area contributed by atoms with Crippen molar-refractivity contribution in [2.75, 3.05) is 5.32 Å². The number of fused-ring (bicyclic) bond motifs is 2. The number of hydrogen-bond donors (Lipinski definition) is 1. The normalized spacial score (nSPS) is 11.9. The van der Waals surface area contributed by atoms with E-state index >= 15 is 0 Å². The van der Waals surface area contributed by atoms with Crippen LogP contribution in [0, 0.1) is 0 Å². The minimum absolute atomic E-state index is 0.0917. The highest BCUT2D eigenvalue weighted by atomic mass is 19.4. The predicted molar refractivity (Wildman–Crippen MR) is 112 cm³/mol. The maximum absolute atomic E-state index is 13.9. The lowest BCUT2D eigenvalue weighted by atomic mass is 10.0. The number of alkyl halides is 3. The molecule has 0 aliphatic rings. The Labute approximate surface area is 179 Å². The van der Waals surface area contributed by atoms with Gasteiger partial charge in [0.15, 0.2) is 17.2 Å². The van der Waals surface area contributed by atoms with Gasteiger partial charge in [0.2, 0.25) is 0 Å². The summed E-state index contributed by atoms with van der Waals surface area (Å²) in [6, 6.07) is 15.2. The van der Waals surface area contributed by atoms with Gasteiger partial charge in [0.05, 0.1) is 11.9 Å². The first-order valence-electron chi connectivity index (χ1n) is 9.56. The van der Waals surface area contributed by atoms with Gasteiger partial charge in [0.25, 0.3) is 5.91 Å². The molecule has 0 radical (unpaired) electrons. The molecule has 3 aromatic heterocycles. The summed E-state index contributed by atoms with van der Waals surface area (Å²) >= 11 is 0. The Morgan fingerprint density at radius 2 is 1.84 bits per heavy atom. The van der Waals surface area contributed by atoms with E-state index in [0.29, 0.717) is 10.1 Å². The number of nitrogens with zero attached hydrogens (tertiary/aromatic N) is 5. The molecule has 160 valence electrons. The van der Waals surface area contributed by atoms with Crippen LogP contribution in [0.5, 0.6) is 0 Å². The molecule has 1 amide bonds. The van der Waals surface area contributed by atoms with Crippen LogP contribution in [0.2, 0.25) is 0 Å². The third-order valence-electron chi connectivity index (χ3n) is 5.03. The second kappa shape index (κ2) is 7.19. The van der Waals surface area contributed by atoms with Crippen LogP contribution in [0.3, 0.4) is 0 Å².